The van der Waals surface area contributed by atoms with Gasteiger partial charge in [-0.1, -0.05) is 39.0 Å². The minimum absolute atomic E-state index is 0.000106. The van der Waals surface area contributed by atoms with Gasteiger partial charge in [0.15, 0.2) is 5.65 Å². The maximum absolute atomic E-state index is 12.8. The predicted molar refractivity (Wildman–Crippen MR) is 132 cm³/mol. The third-order valence-corrected chi connectivity index (χ3v) is 6.28. The Labute approximate surface area is 195 Å². The van der Waals surface area contributed by atoms with E-state index >= 15 is 0 Å². The van der Waals surface area contributed by atoms with E-state index in [-0.39, 0.29) is 17.0 Å². The first-order chi connectivity index (χ1) is 15.6. The van der Waals surface area contributed by atoms with Crippen molar-refractivity contribution in [3.63, 3.8) is 0 Å². The molecule has 1 aliphatic heterocycles. The van der Waals surface area contributed by atoms with Crippen LogP contribution in [0.2, 0.25) is 0 Å². The number of aryl methyl sites for hydroxylation is 1. The summed E-state index contributed by atoms with van der Waals surface area (Å²) in [6.07, 6.45) is 0.997. The number of fused-ring (bicyclic) bond motifs is 1. The molecule has 1 aliphatic rings. The largest absolute Gasteiger partial charge is 0.342 e. The highest BCUT2D eigenvalue weighted by Crippen LogP contribution is 2.24. The lowest BCUT2D eigenvalue weighted by molar-refractivity contribution is -0.128. The van der Waals surface area contributed by atoms with Gasteiger partial charge in [0.2, 0.25) is 5.91 Å². The van der Waals surface area contributed by atoms with Gasteiger partial charge in [0.25, 0.3) is 0 Å². The summed E-state index contributed by atoms with van der Waals surface area (Å²) in [5.74, 6) is 0.158. The number of imidazole rings is 1. The van der Waals surface area contributed by atoms with Crippen LogP contribution in [0.4, 0.5) is 0 Å². The van der Waals surface area contributed by atoms with E-state index in [1.165, 1.54) is 5.56 Å². The predicted octanol–water partition coefficient (Wildman–Crippen LogP) is 3.50. The van der Waals surface area contributed by atoms with E-state index in [1.807, 2.05) is 21.6 Å². The summed E-state index contributed by atoms with van der Waals surface area (Å²) in [5, 5.41) is 0. The van der Waals surface area contributed by atoms with Crippen LogP contribution in [0.25, 0.3) is 22.4 Å². The quantitative estimate of drug-likeness (QED) is 0.612. The smallest absolute Gasteiger partial charge is 0.330 e. The molecule has 0 radical (unpaired) electrons. The molecular weight excluding hydrogens is 414 g/mol. The second-order valence-electron chi connectivity index (χ2n) is 10.4. The van der Waals surface area contributed by atoms with E-state index in [9.17, 15) is 9.59 Å². The van der Waals surface area contributed by atoms with E-state index in [0.717, 1.165) is 55.9 Å². The van der Waals surface area contributed by atoms with Gasteiger partial charge in [-0.3, -0.25) is 18.8 Å². The van der Waals surface area contributed by atoms with Crippen molar-refractivity contribution in [1.29, 1.82) is 0 Å². The zero-order valence-corrected chi connectivity index (χ0v) is 20.5. The fraction of sp³-hybridized carbons (Fsp3) is 0.500. The molecule has 4 rings (SSSR count). The number of nitrogens with zero attached hydrogens (tertiary/aromatic N) is 5. The zero-order chi connectivity index (χ0) is 23.8. The second-order valence-corrected chi connectivity index (χ2v) is 10.4. The Morgan fingerprint density at radius 1 is 1.06 bits per heavy atom. The van der Waals surface area contributed by atoms with Gasteiger partial charge in [-0.05, 0) is 35.6 Å². The van der Waals surface area contributed by atoms with Crippen molar-refractivity contribution in [2.24, 2.45) is 12.5 Å². The topological polar surface area (TPSA) is 63.4 Å². The molecule has 3 aromatic rings. The number of rotatable bonds is 4. The molecule has 0 aliphatic carbocycles. The highest BCUT2D eigenvalue weighted by molar-refractivity contribution is 5.76. The number of hydrogen-bond acceptors (Lipinski definition) is 4. The second kappa shape index (κ2) is 9.14. The minimum atomic E-state index is -0.0286. The van der Waals surface area contributed by atoms with Crippen LogP contribution in [0.1, 0.15) is 39.7 Å². The van der Waals surface area contributed by atoms with Crippen molar-refractivity contribution < 1.29 is 4.79 Å². The van der Waals surface area contributed by atoms with Crippen molar-refractivity contribution in [3.8, 4) is 11.3 Å². The number of benzene rings is 1. The molecule has 0 spiro atoms. The van der Waals surface area contributed by atoms with E-state index < -0.39 is 0 Å². The van der Waals surface area contributed by atoms with Gasteiger partial charge >= 0.3 is 5.69 Å². The van der Waals surface area contributed by atoms with E-state index in [1.54, 1.807) is 18.5 Å². The van der Waals surface area contributed by atoms with Crippen molar-refractivity contribution >= 4 is 17.1 Å². The Morgan fingerprint density at radius 2 is 1.85 bits per heavy atom. The van der Waals surface area contributed by atoms with Gasteiger partial charge < -0.3 is 4.90 Å². The summed E-state index contributed by atoms with van der Waals surface area (Å²) in [4.78, 5) is 33.8. The highest BCUT2D eigenvalue weighted by atomic mass is 16.2. The van der Waals surface area contributed by atoms with Gasteiger partial charge in [-0.2, -0.15) is 0 Å². The highest BCUT2D eigenvalue weighted by Gasteiger charge is 2.19. The van der Waals surface area contributed by atoms with Crippen molar-refractivity contribution in [3.05, 3.63) is 52.4 Å². The Bertz CT molecular complexity index is 1220. The van der Waals surface area contributed by atoms with Crippen LogP contribution in [-0.2, 0) is 24.9 Å². The van der Waals surface area contributed by atoms with E-state index in [0.29, 0.717) is 12.2 Å². The summed E-state index contributed by atoms with van der Waals surface area (Å²) in [5.41, 5.74) is 4.70. The van der Waals surface area contributed by atoms with Crippen LogP contribution in [0.15, 0.2) is 41.2 Å². The number of pyridine rings is 1. The molecule has 7 heteroatoms. The van der Waals surface area contributed by atoms with Crippen LogP contribution >= 0.6 is 0 Å². The summed E-state index contributed by atoms with van der Waals surface area (Å²) >= 11 is 0. The molecule has 2 aromatic heterocycles. The van der Waals surface area contributed by atoms with Crippen molar-refractivity contribution in [2.45, 2.75) is 47.2 Å². The van der Waals surface area contributed by atoms with Crippen LogP contribution < -0.4 is 5.69 Å². The fourth-order valence-corrected chi connectivity index (χ4v) is 4.59. The summed E-state index contributed by atoms with van der Waals surface area (Å²) < 4.78 is 3.47. The van der Waals surface area contributed by atoms with Crippen molar-refractivity contribution in [1.82, 2.24) is 23.9 Å². The van der Waals surface area contributed by atoms with E-state index in [2.05, 4.69) is 49.9 Å². The molecule has 0 N–H and O–H groups in total. The lowest BCUT2D eigenvalue weighted by Gasteiger charge is -2.21. The average molecular weight is 450 g/mol. The van der Waals surface area contributed by atoms with E-state index in [4.69, 9.17) is 4.98 Å². The Morgan fingerprint density at radius 3 is 2.58 bits per heavy atom. The molecular formula is C26H35N5O2. The third kappa shape index (κ3) is 5.19. The molecule has 1 amide bonds. The molecule has 3 heterocycles. The third-order valence-electron chi connectivity index (χ3n) is 6.28. The first-order valence-electron chi connectivity index (χ1n) is 11.8. The number of aromatic nitrogens is 3. The monoisotopic (exact) mass is 449 g/mol. The molecule has 176 valence electrons. The first kappa shape index (κ1) is 23.2. The van der Waals surface area contributed by atoms with Gasteiger partial charge in [-0.25, -0.2) is 9.78 Å². The Kier molecular flexibility index (Phi) is 6.43. The van der Waals surface area contributed by atoms with Crippen LogP contribution in [-0.4, -0.2) is 56.0 Å². The summed E-state index contributed by atoms with van der Waals surface area (Å²) in [6, 6.07) is 12.5. The van der Waals surface area contributed by atoms with Crippen LogP contribution in [0.3, 0.4) is 0 Å². The van der Waals surface area contributed by atoms with Gasteiger partial charge in [0, 0.05) is 58.8 Å². The summed E-state index contributed by atoms with van der Waals surface area (Å²) in [6.45, 7) is 13.0. The fourth-order valence-electron chi connectivity index (χ4n) is 4.59. The molecule has 1 saturated heterocycles. The standard InChI is InChI=1S/C26H35N5O2/c1-19(32)30-13-7-12-29(14-15-30)17-20-8-6-9-21(16-20)22-10-11-23-24(27-22)28(5)25(33)31(23)18-26(2,3)4/h6,8-11,16H,7,12-15,17-18H2,1-5H3. The summed E-state index contributed by atoms with van der Waals surface area (Å²) in [7, 11) is 1.79. The average Bonchev–Trinajstić information content (AvgIpc) is 2.92. The maximum Gasteiger partial charge on any atom is 0.330 e. The number of amides is 1. The number of carbonyl (C=O) groups excluding carboxylic acids is 1. The molecule has 1 aromatic carbocycles. The van der Waals surface area contributed by atoms with Gasteiger partial charge in [-0.15, -0.1) is 0 Å². The molecule has 0 atom stereocenters. The minimum Gasteiger partial charge on any atom is -0.342 e. The Balaban J connectivity index is 1.58. The van der Waals surface area contributed by atoms with Gasteiger partial charge in [0.1, 0.15) is 0 Å². The molecule has 0 bridgehead atoms. The molecule has 0 unspecified atom stereocenters. The zero-order valence-electron chi connectivity index (χ0n) is 20.5. The number of hydrogen-bond donors (Lipinski definition) is 0. The molecule has 33 heavy (non-hydrogen) atoms. The first-order valence-corrected chi connectivity index (χ1v) is 11.8. The van der Waals surface area contributed by atoms with Gasteiger partial charge in [0.05, 0.1) is 11.2 Å². The van der Waals surface area contributed by atoms with Crippen LogP contribution in [0, 0.1) is 5.41 Å². The van der Waals surface area contributed by atoms with Crippen LogP contribution in [0.5, 0.6) is 0 Å². The normalized spacial score (nSPS) is 15.7. The lowest BCUT2D eigenvalue weighted by Crippen LogP contribution is -2.33. The molecule has 1 fully saturated rings. The maximum atomic E-state index is 12.8. The Hall–Kier alpha value is -2.93. The molecule has 0 saturated carbocycles. The SMILES string of the molecule is CC(=O)N1CCCN(Cc2cccc(-c3ccc4c(n3)n(C)c(=O)n4CC(C)(C)C)c2)CC1. The molecule has 7 nitrogen and oxygen atoms in total. The lowest BCUT2D eigenvalue weighted by atomic mass is 9.97. The number of carbonyl (C=O) groups is 1. The van der Waals surface area contributed by atoms with Crippen molar-refractivity contribution in [2.75, 3.05) is 26.2 Å².